The molecule has 1 amide bonds. The van der Waals surface area contributed by atoms with Gasteiger partial charge in [0.1, 0.15) is 18.0 Å². The number of anilines is 2. The summed E-state index contributed by atoms with van der Waals surface area (Å²) in [6.45, 7) is 1.92. The van der Waals surface area contributed by atoms with Crippen molar-refractivity contribution < 1.29 is 22.0 Å². The number of carbonyl (C=O) groups is 1. The fraction of sp³-hybridized carbons (Fsp3) is 0.172. The molecule has 0 spiro atoms. The normalized spacial score (nSPS) is 12.2. The molecular weight excluding hydrogens is 582 g/mol. The van der Waals surface area contributed by atoms with E-state index in [9.17, 15) is 22.0 Å². The number of nitrogens with zero attached hydrogens (tertiary/aromatic N) is 3. The third kappa shape index (κ3) is 6.21. The van der Waals surface area contributed by atoms with E-state index in [0.717, 1.165) is 50.4 Å². The second-order valence-electron chi connectivity index (χ2n) is 9.53. The molecular formula is C29H26F2N6O3S2. The van der Waals surface area contributed by atoms with E-state index in [-0.39, 0.29) is 16.3 Å². The summed E-state index contributed by atoms with van der Waals surface area (Å²) in [6, 6.07) is 13.8. The highest BCUT2D eigenvalue weighted by Gasteiger charge is 2.20. The maximum atomic E-state index is 13.7. The van der Waals surface area contributed by atoms with Gasteiger partial charge in [0.15, 0.2) is 21.5 Å². The Kier molecular flexibility index (Phi) is 8.14. The van der Waals surface area contributed by atoms with Crippen LogP contribution in [0.4, 0.5) is 20.4 Å². The van der Waals surface area contributed by atoms with E-state index in [2.05, 4.69) is 30.9 Å². The van der Waals surface area contributed by atoms with E-state index in [4.69, 9.17) is 0 Å². The van der Waals surface area contributed by atoms with Crippen molar-refractivity contribution in [2.24, 2.45) is 0 Å². The number of rotatable bonds is 9. The van der Waals surface area contributed by atoms with Gasteiger partial charge in [-0.2, -0.15) is 0 Å². The highest BCUT2D eigenvalue weighted by Crippen LogP contribution is 2.32. The van der Waals surface area contributed by atoms with Crippen LogP contribution in [0.15, 0.2) is 72.0 Å². The van der Waals surface area contributed by atoms with E-state index >= 15 is 0 Å². The maximum Gasteiger partial charge on any atom is 0.255 e. The Morgan fingerprint density at radius 2 is 1.79 bits per heavy atom. The lowest BCUT2D eigenvalue weighted by atomic mass is 10.1. The molecule has 3 N–H and O–H groups in total. The fourth-order valence-electron chi connectivity index (χ4n) is 4.31. The number of hydrogen-bond acceptors (Lipinski definition) is 9. The molecule has 42 heavy (non-hydrogen) atoms. The maximum absolute atomic E-state index is 13.7. The monoisotopic (exact) mass is 608 g/mol. The van der Waals surface area contributed by atoms with Crippen LogP contribution in [-0.4, -0.2) is 42.6 Å². The number of pyridine rings is 1. The summed E-state index contributed by atoms with van der Waals surface area (Å²) in [4.78, 5) is 27.9. The molecule has 3 aromatic heterocycles. The predicted octanol–water partition coefficient (Wildman–Crippen LogP) is 5.58. The Morgan fingerprint density at radius 3 is 2.52 bits per heavy atom. The molecule has 3 heterocycles. The zero-order chi connectivity index (χ0) is 30.0. The van der Waals surface area contributed by atoms with Crippen molar-refractivity contribution >= 4 is 49.6 Å². The number of amides is 1. The lowest BCUT2D eigenvalue weighted by Crippen LogP contribution is -2.28. The lowest BCUT2D eigenvalue weighted by Gasteiger charge is -2.17. The van der Waals surface area contributed by atoms with E-state index < -0.39 is 33.4 Å². The van der Waals surface area contributed by atoms with Crippen LogP contribution >= 0.6 is 11.3 Å². The summed E-state index contributed by atoms with van der Waals surface area (Å²) < 4.78 is 51.5. The van der Waals surface area contributed by atoms with Gasteiger partial charge in [-0.1, -0.05) is 12.1 Å². The second-order valence-corrected chi connectivity index (χ2v) is 12.7. The quantitative estimate of drug-likeness (QED) is 0.198. The molecule has 1 unspecified atom stereocenters. The minimum atomic E-state index is -3.65. The van der Waals surface area contributed by atoms with Gasteiger partial charge in [-0.25, -0.2) is 32.2 Å². The molecule has 216 valence electrons. The van der Waals surface area contributed by atoms with Gasteiger partial charge in [0.2, 0.25) is 0 Å². The third-order valence-electron chi connectivity index (χ3n) is 6.58. The van der Waals surface area contributed by atoms with Gasteiger partial charge >= 0.3 is 0 Å². The van der Waals surface area contributed by atoms with Crippen molar-refractivity contribution in [2.45, 2.75) is 24.4 Å². The van der Waals surface area contributed by atoms with Crippen LogP contribution in [0.3, 0.4) is 0 Å². The van der Waals surface area contributed by atoms with Gasteiger partial charge in [0.25, 0.3) is 5.91 Å². The first kappa shape index (κ1) is 29.0. The molecule has 2 aromatic carbocycles. The van der Waals surface area contributed by atoms with Crippen LogP contribution in [0.1, 0.15) is 33.8 Å². The number of hydrogen-bond donors (Lipinski definition) is 3. The number of nitrogens with one attached hydrogen (secondary N) is 3. The van der Waals surface area contributed by atoms with E-state index in [1.54, 1.807) is 25.3 Å². The van der Waals surface area contributed by atoms with Gasteiger partial charge in [-0.15, -0.1) is 11.3 Å². The minimum absolute atomic E-state index is 0.00161. The summed E-state index contributed by atoms with van der Waals surface area (Å²) >= 11 is 1.55. The molecule has 5 aromatic rings. The summed E-state index contributed by atoms with van der Waals surface area (Å²) in [5.74, 6) is -1.75. The van der Waals surface area contributed by atoms with Crippen LogP contribution in [0, 0.1) is 11.6 Å². The Morgan fingerprint density at radius 1 is 0.976 bits per heavy atom. The Bertz CT molecular complexity index is 1910. The topological polar surface area (TPSA) is 126 Å². The average molecular weight is 609 g/mol. The SMILES string of the molecule is CNc1ncnc2ccc(-c3ccc(CNc4ncc(S(C)(=O)=O)cc4C(=O)NC(C)c4ccc(F)c(F)c4)s3)cc12. The number of carbonyl (C=O) groups excluding carboxylic acids is 1. The standard InChI is InChI=1S/C29H26F2N6O3S2/c1-16(17-4-7-23(30)24(31)11-17)37-29(38)22-12-20(42(3,39)40)14-34-28(22)33-13-19-6-9-26(41-19)18-5-8-25-21(10-18)27(32-2)36-15-35-25/h4-12,14-16H,13H2,1-3H3,(H,33,34)(H,37,38)(H,32,35,36). The minimum Gasteiger partial charge on any atom is -0.373 e. The van der Waals surface area contributed by atoms with Gasteiger partial charge in [0.05, 0.1) is 28.6 Å². The predicted molar refractivity (Wildman–Crippen MR) is 159 cm³/mol. The van der Waals surface area contributed by atoms with Crippen molar-refractivity contribution in [1.82, 2.24) is 20.3 Å². The zero-order valence-corrected chi connectivity index (χ0v) is 24.4. The largest absolute Gasteiger partial charge is 0.373 e. The molecule has 13 heteroatoms. The summed E-state index contributed by atoms with van der Waals surface area (Å²) in [6.07, 6.45) is 3.72. The van der Waals surface area contributed by atoms with Crippen LogP contribution in [0.25, 0.3) is 21.3 Å². The number of benzene rings is 2. The van der Waals surface area contributed by atoms with Gasteiger partial charge in [-0.3, -0.25) is 4.79 Å². The number of thiophene rings is 1. The molecule has 1 atom stereocenters. The molecule has 5 rings (SSSR count). The highest BCUT2D eigenvalue weighted by molar-refractivity contribution is 7.90. The van der Waals surface area contributed by atoms with Crippen LogP contribution < -0.4 is 16.0 Å². The van der Waals surface area contributed by atoms with E-state index in [1.165, 1.54) is 24.7 Å². The lowest BCUT2D eigenvalue weighted by molar-refractivity contribution is 0.0940. The molecule has 0 bridgehead atoms. The highest BCUT2D eigenvalue weighted by atomic mass is 32.2. The van der Waals surface area contributed by atoms with Crippen molar-refractivity contribution in [3.8, 4) is 10.4 Å². The number of fused-ring (bicyclic) bond motifs is 1. The van der Waals surface area contributed by atoms with E-state index in [0.29, 0.717) is 12.1 Å². The summed E-state index contributed by atoms with van der Waals surface area (Å²) in [7, 11) is -1.85. The third-order valence-corrected chi connectivity index (χ3v) is 8.79. The molecule has 0 saturated heterocycles. The second kappa shape index (κ2) is 11.8. The Balaban J connectivity index is 1.37. The van der Waals surface area contributed by atoms with Crippen molar-refractivity contribution in [1.29, 1.82) is 0 Å². The average Bonchev–Trinajstić information content (AvgIpc) is 3.45. The molecule has 0 aliphatic rings. The Labute approximate surface area is 245 Å². The molecule has 0 radical (unpaired) electrons. The van der Waals surface area contributed by atoms with Crippen LogP contribution in [0.2, 0.25) is 0 Å². The van der Waals surface area contributed by atoms with Gasteiger partial charge in [0, 0.05) is 34.6 Å². The zero-order valence-electron chi connectivity index (χ0n) is 22.8. The number of aromatic nitrogens is 3. The number of sulfone groups is 1. The number of halogens is 2. The molecule has 0 aliphatic heterocycles. The van der Waals surface area contributed by atoms with E-state index in [1.807, 2.05) is 30.3 Å². The van der Waals surface area contributed by atoms with Gasteiger partial charge < -0.3 is 16.0 Å². The molecule has 0 saturated carbocycles. The Hall–Kier alpha value is -4.49. The van der Waals surface area contributed by atoms with Crippen LogP contribution in [0.5, 0.6) is 0 Å². The summed E-state index contributed by atoms with van der Waals surface area (Å²) in [5.41, 5.74) is 2.16. The van der Waals surface area contributed by atoms with Crippen LogP contribution in [-0.2, 0) is 16.4 Å². The molecule has 0 aliphatic carbocycles. The van der Waals surface area contributed by atoms with Gasteiger partial charge in [-0.05, 0) is 60.5 Å². The fourth-order valence-corrected chi connectivity index (χ4v) is 5.83. The van der Waals surface area contributed by atoms with Crippen molar-refractivity contribution in [3.63, 3.8) is 0 Å². The smallest absolute Gasteiger partial charge is 0.255 e. The first-order valence-corrected chi connectivity index (χ1v) is 15.5. The first-order valence-electron chi connectivity index (χ1n) is 12.7. The van der Waals surface area contributed by atoms with Crippen molar-refractivity contribution in [3.05, 3.63) is 94.8 Å². The molecule has 0 fully saturated rings. The van der Waals surface area contributed by atoms with Crippen molar-refractivity contribution in [2.75, 3.05) is 23.9 Å². The molecule has 9 nitrogen and oxygen atoms in total. The first-order chi connectivity index (χ1) is 20.0. The summed E-state index contributed by atoms with van der Waals surface area (Å²) in [5, 5.41) is 9.82.